The van der Waals surface area contributed by atoms with E-state index in [-0.39, 0.29) is 0 Å². The lowest BCUT2D eigenvalue weighted by Gasteiger charge is -2.18. The van der Waals surface area contributed by atoms with Crippen molar-refractivity contribution >= 4 is 10.8 Å². The Bertz CT molecular complexity index is 743. The Labute approximate surface area is 110 Å². The third kappa shape index (κ3) is 1.74. The van der Waals surface area contributed by atoms with E-state index in [1.165, 1.54) is 0 Å². The van der Waals surface area contributed by atoms with Crippen molar-refractivity contribution < 1.29 is 13.9 Å². The molecule has 0 unspecified atom stereocenters. The molecule has 0 radical (unpaired) electrons. The third-order valence-electron chi connectivity index (χ3n) is 3.35. The van der Waals surface area contributed by atoms with Gasteiger partial charge in [-0.2, -0.15) is 0 Å². The van der Waals surface area contributed by atoms with Gasteiger partial charge in [-0.25, -0.2) is 0 Å². The molecule has 0 spiro atoms. The largest absolute Gasteiger partial charge is 0.486 e. The Hall–Kier alpha value is -2.42. The zero-order chi connectivity index (χ0) is 12.7. The van der Waals surface area contributed by atoms with E-state index in [0.29, 0.717) is 13.2 Å². The molecule has 94 valence electrons. The summed E-state index contributed by atoms with van der Waals surface area (Å²) in [6.45, 7) is 1.23. The van der Waals surface area contributed by atoms with E-state index in [2.05, 4.69) is 24.3 Å². The minimum absolute atomic E-state index is 0.608. The maximum atomic E-state index is 5.61. The van der Waals surface area contributed by atoms with Gasteiger partial charge in [0.15, 0.2) is 11.5 Å². The van der Waals surface area contributed by atoms with E-state index in [1.54, 1.807) is 12.5 Å². The molecule has 2 aromatic carbocycles. The molecule has 3 nitrogen and oxygen atoms in total. The zero-order valence-corrected chi connectivity index (χ0v) is 10.3. The molecule has 0 saturated carbocycles. The number of rotatable bonds is 1. The first-order valence-corrected chi connectivity index (χ1v) is 6.26. The van der Waals surface area contributed by atoms with Crippen LogP contribution in [0.2, 0.25) is 0 Å². The van der Waals surface area contributed by atoms with Gasteiger partial charge in [0, 0.05) is 10.8 Å². The normalized spacial score (nSPS) is 13.7. The first-order valence-electron chi connectivity index (χ1n) is 6.26. The molecule has 2 heterocycles. The quantitative estimate of drug-likeness (QED) is 0.658. The lowest BCUT2D eigenvalue weighted by molar-refractivity contribution is 0.171. The van der Waals surface area contributed by atoms with Crippen LogP contribution in [0.1, 0.15) is 0 Å². The zero-order valence-electron chi connectivity index (χ0n) is 10.3. The Balaban J connectivity index is 1.82. The highest BCUT2D eigenvalue weighted by Crippen LogP contribution is 2.35. The van der Waals surface area contributed by atoms with Gasteiger partial charge in [-0.3, -0.25) is 0 Å². The first-order chi connectivity index (χ1) is 9.40. The predicted octanol–water partition coefficient (Wildman–Crippen LogP) is 3.87. The van der Waals surface area contributed by atoms with Gasteiger partial charge in [0.05, 0.1) is 12.5 Å². The number of hydrogen-bond acceptors (Lipinski definition) is 3. The molecule has 1 aromatic heterocycles. The summed E-state index contributed by atoms with van der Waals surface area (Å²) in [5, 5.41) is 2.22. The number of benzene rings is 2. The van der Waals surface area contributed by atoms with E-state index in [1.807, 2.05) is 12.1 Å². The highest BCUT2D eigenvalue weighted by atomic mass is 16.6. The molecule has 0 amide bonds. The van der Waals surface area contributed by atoms with Gasteiger partial charge in [-0.1, -0.05) is 18.2 Å². The van der Waals surface area contributed by atoms with Crippen LogP contribution < -0.4 is 9.47 Å². The van der Waals surface area contributed by atoms with Crippen molar-refractivity contribution in [1.82, 2.24) is 0 Å². The Morgan fingerprint density at radius 3 is 2.37 bits per heavy atom. The summed E-state index contributed by atoms with van der Waals surface area (Å²) in [4.78, 5) is 0. The van der Waals surface area contributed by atoms with Crippen molar-refractivity contribution in [1.29, 1.82) is 0 Å². The van der Waals surface area contributed by atoms with Crippen LogP contribution >= 0.6 is 0 Å². The van der Waals surface area contributed by atoms with Crippen molar-refractivity contribution in [3.8, 4) is 22.6 Å². The summed E-state index contributed by atoms with van der Waals surface area (Å²) in [6.07, 6.45) is 3.51. The molecule has 0 bridgehead atoms. The van der Waals surface area contributed by atoms with Gasteiger partial charge in [-0.15, -0.1) is 0 Å². The molecule has 0 atom stereocenters. The fourth-order valence-electron chi connectivity index (χ4n) is 2.37. The van der Waals surface area contributed by atoms with Crippen molar-refractivity contribution in [2.45, 2.75) is 0 Å². The summed E-state index contributed by atoms with van der Waals surface area (Å²) >= 11 is 0. The second-order valence-electron chi connectivity index (χ2n) is 4.57. The minimum atomic E-state index is 0.608. The Kier molecular flexibility index (Phi) is 2.24. The molecule has 0 fully saturated rings. The van der Waals surface area contributed by atoms with Crippen LogP contribution in [0.3, 0.4) is 0 Å². The molecule has 0 N–H and O–H groups in total. The van der Waals surface area contributed by atoms with Crippen molar-refractivity contribution in [2.24, 2.45) is 0 Å². The van der Waals surface area contributed by atoms with Gasteiger partial charge in [0.1, 0.15) is 13.2 Å². The second kappa shape index (κ2) is 4.05. The molecule has 4 rings (SSSR count). The Morgan fingerprint density at radius 1 is 0.684 bits per heavy atom. The molecule has 1 aliphatic rings. The summed E-state index contributed by atoms with van der Waals surface area (Å²) in [5.74, 6) is 1.63. The van der Waals surface area contributed by atoms with Crippen molar-refractivity contribution in [3.63, 3.8) is 0 Å². The van der Waals surface area contributed by atoms with Crippen LogP contribution in [0.15, 0.2) is 53.3 Å². The summed E-state index contributed by atoms with van der Waals surface area (Å²) in [6, 6.07) is 12.3. The highest BCUT2D eigenvalue weighted by Gasteiger charge is 2.12. The first kappa shape index (κ1) is 10.5. The monoisotopic (exact) mass is 252 g/mol. The Morgan fingerprint density at radius 2 is 1.42 bits per heavy atom. The average Bonchev–Trinajstić information content (AvgIpc) is 2.94. The summed E-state index contributed by atoms with van der Waals surface area (Å²) in [7, 11) is 0. The molecule has 0 aliphatic carbocycles. The van der Waals surface area contributed by atoms with E-state index in [9.17, 15) is 0 Å². The van der Waals surface area contributed by atoms with E-state index in [4.69, 9.17) is 13.9 Å². The molecule has 3 aromatic rings. The van der Waals surface area contributed by atoms with Gasteiger partial charge in [-0.05, 0) is 29.3 Å². The van der Waals surface area contributed by atoms with Crippen LogP contribution in [0.25, 0.3) is 21.9 Å². The number of ether oxygens (including phenoxy) is 2. The number of hydrogen-bond donors (Lipinski definition) is 0. The number of fused-ring (bicyclic) bond motifs is 2. The topological polar surface area (TPSA) is 31.6 Å². The van der Waals surface area contributed by atoms with E-state index in [0.717, 1.165) is 33.4 Å². The maximum Gasteiger partial charge on any atom is 0.161 e. The van der Waals surface area contributed by atoms with Gasteiger partial charge in [0.25, 0.3) is 0 Å². The van der Waals surface area contributed by atoms with E-state index >= 15 is 0 Å². The number of furan rings is 1. The van der Waals surface area contributed by atoms with Crippen LogP contribution in [0.5, 0.6) is 11.5 Å². The van der Waals surface area contributed by atoms with Gasteiger partial charge >= 0.3 is 0 Å². The maximum absolute atomic E-state index is 5.61. The van der Waals surface area contributed by atoms with Crippen molar-refractivity contribution in [2.75, 3.05) is 13.2 Å². The average molecular weight is 252 g/mol. The summed E-state index contributed by atoms with van der Waals surface area (Å²) < 4.78 is 16.3. The second-order valence-corrected chi connectivity index (χ2v) is 4.57. The fourth-order valence-corrected chi connectivity index (χ4v) is 2.37. The van der Waals surface area contributed by atoms with Gasteiger partial charge < -0.3 is 13.9 Å². The smallest absolute Gasteiger partial charge is 0.161 e. The van der Waals surface area contributed by atoms with Crippen molar-refractivity contribution in [3.05, 3.63) is 48.9 Å². The van der Waals surface area contributed by atoms with Crippen LogP contribution in [-0.4, -0.2) is 13.2 Å². The SMILES string of the molecule is c1cc2c(cc1-c1ccc3cocc3c1)OCCO2. The lowest BCUT2D eigenvalue weighted by atomic mass is 10.0. The van der Waals surface area contributed by atoms with Crippen LogP contribution in [-0.2, 0) is 0 Å². The predicted molar refractivity (Wildman–Crippen MR) is 72.6 cm³/mol. The summed E-state index contributed by atoms with van der Waals surface area (Å²) in [5.41, 5.74) is 2.26. The lowest BCUT2D eigenvalue weighted by Crippen LogP contribution is -2.15. The van der Waals surface area contributed by atoms with E-state index < -0.39 is 0 Å². The molecule has 0 saturated heterocycles. The van der Waals surface area contributed by atoms with Gasteiger partial charge in [0.2, 0.25) is 0 Å². The molecular formula is C16H12O3. The fraction of sp³-hybridized carbons (Fsp3) is 0.125. The third-order valence-corrected chi connectivity index (χ3v) is 3.35. The molecular weight excluding hydrogens is 240 g/mol. The molecule has 3 heteroatoms. The standard InChI is InChI=1S/C16H12O3/c1-2-13-9-17-10-14(13)7-11(1)12-3-4-15-16(8-12)19-6-5-18-15/h1-4,7-10H,5-6H2. The molecule has 1 aliphatic heterocycles. The molecule has 19 heavy (non-hydrogen) atoms. The van der Waals surface area contributed by atoms with Crippen LogP contribution in [0.4, 0.5) is 0 Å². The van der Waals surface area contributed by atoms with Crippen LogP contribution in [0, 0.1) is 0 Å². The minimum Gasteiger partial charge on any atom is -0.486 e. The highest BCUT2D eigenvalue weighted by molar-refractivity contribution is 5.86.